The second-order valence-corrected chi connectivity index (χ2v) is 12.8. The van der Waals surface area contributed by atoms with Crippen LogP contribution in [0.25, 0.3) is 22.8 Å². The van der Waals surface area contributed by atoms with E-state index >= 15 is 0 Å². The molecule has 1 aliphatic heterocycles. The number of nitrogens with zero attached hydrogens (tertiary/aromatic N) is 6. The van der Waals surface area contributed by atoms with E-state index in [1.165, 1.54) is 23.0 Å². The van der Waals surface area contributed by atoms with Crippen LogP contribution in [0.5, 0.6) is 0 Å². The van der Waals surface area contributed by atoms with Gasteiger partial charge >= 0.3 is 24.0 Å². The summed E-state index contributed by atoms with van der Waals surface area (Å²) < 4.78 is 49.9. The van der Waals surface area contributed by atoms with Gasteiger partial charge in [0.25, 0.3) is 0 Å². The molecule has 1 fully saturated rings. The average molecular weight is 660 g/mol. The molecule has 11 nitrogen and oxygen atoms in total. The number of halogens is 3. The van der Waals surface area contributed by atoms with Crippen LogP contribution in [0.1, 0.15) is 44.0 Å². The molecule has 1 N–H and O–H groups in total. The molecule has 2 aliphatic rings. The van der Waals surface area contributed by atoms with Crippen molar-refractivity contribution in [3.8, 4) is 28.8 Å². The number of nitrogens with one attached hydrogen (secondary N) is 1. The van der Waals surface area contributed by atoms with Gasteiger partial charge in [-0.2, -0.15) is 23.5 Å². The number of rotatable bonds is 4. The Labute approximate surface area is 273 Å². The highest BCUT2D eigenvalue weighted by Gasteiger charge is 2.39. The molecule has 14 heteroatoms. The van der Waals surface area contributed by atoms with E-state index in [0.717, 1.165) is 26.8 Å². The lowest BCUT2D eigenvalue weighted by atomic mass is 10.1. The fourth-order valence-electron chi connectivity index (χ4n) is 6.22. The van der Waals surface area contributed by atoms with Crippen molar-refractivity contribution in [3.05, 3.63) is 99.7 Å². The molecule has 1 saturated heterocycles. The van der Waals surface area contributed by atoms with Gasteiger partial charge in [-0.3, -0.25) is 4.57 Å². The topological polar surface area (TPSA) is 127 Å². The molecule has 48 heavy (non-hydrogen) atoms. The molecule has 2 aromatic carbocycles. The van der Waals surface area contributed by atoms with Crippen LogP contribution in [0.4, 0.5) is 22.8 Å². The Kier molecular flexibility index (Phi) is 8.02. The molecule has 0 bridgehead atoms. The molecule has 2 aromatic heterocycles. The van der Waals surface area contributed by atoms with Gasteiger partial charge in [0.1, 0.15) is 11.3 Å². The van der Waals surface area contributed by atoms with Crippen molar-refractivity contribution >= 4 is 12.1 Å². The Bertz CT molecular complexity index is 2040. The van der Waals surface area contributed by atoms with Crippen LogP contribution >= 0.6 is 0 Å². The number of nitriles is 1. The maximum atomic E-state index is 14.1. The van der Waals surface area contributed by atoms with Gasteiger partial charge in [-0.05, 0) is 88.2 Å². The van der Waals surface area contributed by atoms with Gasteiger partial charge in [-0.25, -0.2) is 23.6 Å². The van der Waals surface area contributed by atoms with E-state index in [4.69, 9.17) is 4.74 Å². The van der Waals surface area contributed by atoms with Gasteiger partial charge in [-0.1, -0.05) is 12.1 Å². The first kappa shape index (κ1) is 32.4. The SMILES string of the molecule is Cc1c(-c2ccnn2-c2ccc(C#N)cc2)n(C(=O)N[C@H]2C=C3CN(C(=O)OC(C)(C)C)C[C@H]3C2)c(=O)n1-c1cccc(C(F)(F)F)c1. The van der Waals surface area contributed by atoms with E-state index in [2.05, 4.69) is 10.4 Å². The van der Waals surface area contributed by atoms with Crippen molar-refractivity contribution < 1.29 is 27.5 Å². The smallest absolute Gasteiger partial charge is 0.416 e. The maximum absolute atomic E-state index is 14.1. The highest BCUT2D eigenvalue weighted by atomic mass is 19.4. The molecule has 2 amide bonds. The minimum absolute atomic E-state index is 0.00623. The van der Waals surface area contributed by atoms with Crippen molar-refractivity contribution in [3.63, 3.8) is 0 Å². The van der Waals surface area contributed by atoms with Gasteiger partial charge in [0.05, 0.1) is 46.2 Å². The Morgan fingerprint density at radius 3 is 2.44 bits per heavy atom. The number of likely N-dealkylation sites (tertiary alicyclic amines) is 1. The van der Waals surface area contributed by atoms with E-state index < -0.39 is 41.2 Å². The summed E-state index contributed by atoms with van der Waals surface area (Å²) in [5.74, 6) is -0.00623. The van der Waals surface area contributed by atoms with E-state index in [-0.39, 0.29) is 23.0 Å². The third kappa shape index (κ3) is 6.11. The maximum Gasteiger partial charge on any atom is 0.416 e. The number of carbonyl (C=O) groups is 2. The van der Waals surface area contributed by atoms with E-state index in [9.17, 15) is 32.8 Å². The summed E-state index contributed by atoms with van der Waals surface area (Å²) in [6.45, 7) is 7.70. The van der Waals surface area contributed by atoms with E-state index in [1.807, 2.05) is 12.1 Å². The Morgan fingerprint density at radius 2 is 1.79 bits per heavy atom. The summed E-state index contributed by atoms with van der Waals surface area (Å²) in [4.78, 5) is 42.3. The van der Waals surface area contributed by atoms with E-state index in [0.29, 0.717) is 36.5 Å². The van der Waals surface area contributed by atoms with Crippen LogP contribution < -0.4 is 11.0 Å². The molecule has 2 atom stereocenters. The number of benzene rings is 2. The molecule has 0 radical (unpaired) electrons. The third-order valence-electron chi connectivity index (χ3n) is 8.30. The van der Waals surface area contributed by atoms with Crippen LogP contribution in [-0.2, 0) is 10.9 Å². The van der Waals surface area contributed by atoms with Crippen LogP contribution in [0.2, 0.25) is 0 Å². The highest BCUT2D eigenvalue weighted by molar-refractivity contribution is 5.84. The van der Waals surface area contributed by atoms with Crippen LogP contribution in [0.15, 0.2) is 77.2 Å². The number of hydrogen-bond acceptors (Lipinski definition) is 6. The highest BCUT2D eigenvalue weighted by Crippen LogP contribution is 2.35. The zero-order valence-electron chi connectivity index (χ0n) is 26.6. The van der Waals surface area contributed by atoms with Gasteiger partial charge in [0.2, 0.25) is 0 Å². The zero-order valence-corrected chi connectivity index (χ0v) is 26.6. The summed E-state index contributed by atoms with van der Waals surface area (Å²) in [5, 5.41) is 16.5. The van der Waals surface area contributed by atoms with Crippen LogP contribution in [-0.4, -0.2) is 60.7 Å². The standard InChI is InChI=1S/C34H32F3N7O4/c1-20-29(28-12-13-39-44(28)26-10-8-21(17-38)9-11-26)43(31(46)42(20)27-7-5-6-24(16-27)34(35,36)37)30(45)40-25-14-22-18-41(19-23(22)15-25)32(47)48-33(2,3)4/h5-14,16,23,25H,15,18-19H2,1-4H3,(H,40,45)/t23-,25+/m1/s1. The molecule has 4 aromatic rings. The predicted octanol–water partition coefficient (Wildman–Crippen LogP) is 5.81. The first-order valence-corrected chi connectivity index (χ1v) is 15.2. The van der Waals surface area contributed by atoms with Gasteiger partial charge in [-0.15, -0.1) is 0 Å². The number of carbonyl (C=O) groups excluding carboxylic acids is 2. The second kappa shape index (κ2) is 11.9. The first-order valence-electron chi connectivity index (χ1n) is 15.2. The number of amides is 2. The molecule has 0 saturated carbocycles. The minimum Gasteiger partial charge on any atom is -0.444 e. The normalized spacial score (nSPS) is 17.5. The lowest BCUT2D eigenvalue weighted by Gasteiger charge is -2.24. The second-order valence-electron chi connectivity index (χ2n) is 12.8. The fourth-order valence-corrected chi connectivity index (χ4v) is 6.22. The predicted molar refractivity (Wildman–Crippen MR) is 169 cm³/mol. The quantitative estimate of drug-likeness (QED) is 0.276. The molecule has 0 unspecified atom stereocenters. The Balaban J connectivity index is 1.38. The fraction of sp³-hybridized carbons (Fsp3) is 0.324. The molecule has 1 aliphatic carbocycles. The van der Waals surface area contributed by atoms with E-state index in [1.54, 1.807) is 62.9 Å². The van der Waals surface area contributed by atoms with Crippen molar-refractivity contribution in [2.45, 2.75) is 51.9 Å². The van der Waals surface area contributed by atoms with Crippen LogP contribution in [0.3, 0.4) is 0 Å². The number of fused-ring (bicyclic) bond motifs is 1. The number of alkyl halides is 3. The molecule has 248 valence electrons. The average Bonchev–Trinajstić information content (AvgIpc) is 3.78. The molecule has 3 heterocycles. The van der Waals surface area contributed by atoms with Crippen molar-refractivity contribution in [2.24, 2.45) is 5.92 Å². The molecular weight excluding hydrogens is 627 g/mol. The summed E-state index contributed by atoms with van der Waals surface area (Å²) in [6.07, 6.45) is -1.24. The van der Waals surface area contributed by atoms with Crippen LogP contribution in [0, 0.1) is 24.2 Å². The van der Waals surface area contributed by atoms with Gasteiger partial charge in [0.15, 0.2) is 0 Å². The zero-order chi connectivity index (χ0) is 34.5. The summed E-state index contributed by atoms with van der Waals surface area (Å²) >= 11 is 0. The molecule has 0 spiro atoms. The largest absolute Gasteiger partial charge is 0.444 e. The van der Waals surface area contributed by atoms with Crippen molar-refractivity contribution in [1.29, 1.82) is 5.26 Å². The number of aromatic nitrogens is 4. The minimum atomic E-state index is -4.66. The number of imidazole rings is 1. The lowest BCUT2D eigenvalue weighted by Crippen LogP contribution is -2.42. The lowest BCUT2D eigenvalue weighted by molar-refractivity contribution is -0.137. The van der Waals surface area contributed by atoms with Crippen molar-refractivity contribution in [2.75, 3.05) is 13.1 Å². The summed E-state index contributed by atoms with van der Waals surface area (Å²) in [7, 11) is 0. The molecule has 6 rings (SSSR count). The number of hydrogen-bond donors (Lipinski definition) is 1. The molecular formula is C34H32F3N7O4. The Hall–Kier alpha value is -5.58. The number of ether oxygens (including phenoxy) is 1. The summed E-state index contributed by atoms with van der Waals surface area (Å²) in [6, 6.07) is 13.2. The third-order valence-corrected chi connectivity index (χ3v) is 8.30. The van der Waals surface area contributed by atoms with Gasteiger partial charge in [0, 0.05) is 25.0 Å². The van der Waals surface area contributed by atoms with Gasteiger partial charge < -0.3 is 15.0 Å². The summed E-state index contributed by atoms with van der Waals surface area (Å²) in [5.41, 5.74) is 0.0551. The first-order chi connectivity index (χ1) is 22.6. The van der Waals surface area contributed by atoms with Crippen molar-refractivity contribution in [1.82, 2.24) is 29.1 Å². The monoisotopic (exact) mass is 659 g/mol. The Morgan fingerprint density at radius 1 is 1.06 bits per heavy atom.